The molecule has 1 heterocycles. The molecule has 0 spiro atoms. The van der Waals surface area contributed by atoms with Crippen molar-refractivity contribution in [2.45, 2.75) is 11.0 Å². The zero-order valence-electron chi connectivity index (χ0n) is 16.0. The number of fused-ring (bicyclic) bond motifs is 1. The maximum atomic E-state index is 12.3. The van der Waals surface area contributed by atoms with Crippen molar-refractivity contribution in [1.29, 1.82) is 0 Å². The fraction of sp³-hybridized carbons (Fsp3) is 0.250. The molecule has 1 atom stereocenters. The quantitative estimate of drug-likeness (QED) is 0.660. The van der Waals surface area contributed by atoms with Crippen molar-refractivity contribution < 1.29 is 18.3 Å². The lowest BCUT2D eigenvalue weighted by atomic mass is 10.1. The van der Waals surface area contributed by atoms with Crippen LogP contribution in [0.2, 0.25) is 0 Å². The van der Waals surface area contributed by atoms with E-state index in [2.05, 4.69) is 5.32 Å². The normalized spacial score (nSPS) is 13.0. The number of aromatic nitrogens is 1. The molecular formula is C20H23N3O4S. The Morgan fingerprint density at radius 2 is 1.82 bits per heavy atom. The van der Waals surface area contributed by atoms with E-state index in [0.717, 1.165) is 15.2 Å². The van der Waals surface area contributed by atoms with Gasteiger partial charge in [0.1, 0.15) is 0 Å². The van der Waals surface area contributed by atoms with Crippen molar-refractivity contribution in [2.75, 3.05) is 20.6 Å². The zero-order chi connectivity index (χ0) is 20.5. The van der Waals surface area contributed by atoms with Gasteiger partial charge in [0.25, 0.3) is 5.91 Å². The number of benzene rings is 2. The van der Waals surface area contributed by atoms with E-state index in [-0.39, 0.29) is 17.3 Å². The molecule has 0 saturated heterocycles. The topological polar surface area (TPSA) is 91.6 Å². The van der Waals surface area contributed by atoms with E-state index in [4.69, 9.17) is 0 Å². The number of rotatable bonds is 6. The number of hydrogen-bond acceptors (Lipinski definition) is 4. The second kappa shape index (κ2) is 7.75. The third-order valence-electron chi connectivity index (χ3n) is 4.65. The van der Waals surface area contributed by atoms with Crippen LogP contribution in [0.1, 0.15) is 22.0 Å². The number of amides is 1. The fourth-order valence-corrected chi connectivity index (χ4v) is 3.81. The van der Waals surface area contributed by atoms with Gasteiger partial charge in [-0.05, 0) is 53.4 Å². The van der Waals surface area contributed by atoms with Gasteiger partial charge in [-0.2, -0.15) is 0 Å². The minimum absolute atomic E-state index is 0.0505. The molecule has 8 heteroatoms. The van der Waals surface area contributed by atoms with E-state index >= 15 is 0 Å². The Balaban J connectivity index is 1.65. The van der Waals surface area contributed by atoms with Gasteiger partial charge in [0.15, 0.2) is 0 Å². The molecule has 1 aromatic heterocycles. The molecule has 3 aromatic rings. The number of nitrogens with zero attached hydrogens (tertiary/aromatic N) is 2. The molecule has 1 amide bonds. The van der Waals surface area contributed by atoms with Gasteiger partial charge >= 0.3 is 0 Å². The Morgan fingerprint density at radius 3 is 2.46 bits per heavy atom. The highest BCUT2D eigenvalue weighted by molar-refractivity contribution is 7.89. The van der Waals surface area contributed by atoms with E-state index < -0.39 is 16.1 Å². The van der Waals surface area contributed by atoms with Crippen LogP contribution in [0.15, 0.2) is 59.6 Å². The van der Waals surface area contributed by atoms with Crippen molar-refractivity contribution in [2.24, 2.45) is 7.05 Å². The maximum Gasteiger partial charge on any atom is 0.251 e. The lowest BCUT2D eigenvalue weighted by Crippen LogP contribution is -2.28. The number of aliphatic hydroxyl groups excluding tert-OH is 1. The second-order valence-corrected chi connectivity index (χ2v) is 8.93. The van der Waals surface area contributed by atoms with E-state index in [9.17, 15) is 18.3 Å². The largest absolute Gasteiger partial charge is 0.387 e. The number of carbonyl (C=O) groups excluding carboxylic acids is 1. The van der Waals surface area contributed by atoms with E-state index in [1.807, 2.05) is 42.1 Å². The number of aryl methyl sites for hydroxylation is 1. The lowest BCUT2D eigenvalue weighted by molar-refractivity contribution is 0.0916. The van der Waals surface area contributed by atoms with Crippen LogP contribution < -0.4 is 5.32 Å². The van der Waals surface area contributed by atoms with Crippen molar-refractivity contribution in [3.8, 4) is 0 Å². The lowest BCUT2D eigenvalue weighted by Gasteiger charge is -2.14. The second-order valence-electron chi connectivity index (χ2n) is 6.78. The average molecular weight is 401 g/mol. The van der Waals surface area contributed by atoms with E-state index in [0.29, 0.717) is 11.1 Å². The molecule has 2 aromatic carbocycles. The van der Waals surface area contributed by atoms with Gasteiger partial charge in [-0.3, -0.25) is 4.79 Å². The van der Waals surface area contributed by atoms with Crippen LogP contribution in [0, 0.1) is 0 Å². The maximum absolute atomic E-state index is 12.3. The third-order valence-corrected chi connectivity index (χ3v) is 6.47. The highest BCUT2D eigenvalue weighted by Gasteiger charge is 2.18. The molecule has 3 rings (SSSR count). The van der Waals surface area contributed by atoms with Gasteiger partial charge in [0, 0.05) is 45.0 Å². The number of hydrogen-bond donors (Lipinski definition) is 2. The molecule has 7 nitrogen and oxygen atoms in total. The standard InChI is InChI=1S/C20H23N3O4S/c1-22(2)28(26,27)17-7-4-14(5-8-17)20(25)21-13-19(24)16-6-9-18-15(12-16)10-11-23(18)3/h4-12,19,24H,13H2,1-3H3,(H,21,25). The molecular weight excluding hydrogens is 378 g/mol. The molecule has 28 heavy (non-hydrogen) atoms. The summed E-state index contributed by atoms with van der Waals surface area (Å²) in [7, 11) is 1.31. The van der Waals surface area contributed by atoms with Gasteiger partial charge in [-0.15, -0.1) is 0 Å². The highest BCUT2D eigenvalue weighted by Crippen LogP contribution is 2.21. The fourth-order valence-electron chi connectivity index (χ4n) is 2.91. The monoisotopic (exact) mass is 401 g/mol. The molecule has 0 aliphatic carbocycles. The Hall–Kier alpha value is -2.68. The van der Waals surface area contributed by atoms with Crippen LogP contribution >= 0.6 is 0 Å². The smallest absolute Gasteiger partial charge is 0.251 e. The molecule has 0 aliphatic rings. The summed E-state index contributed by atoms with van der Waals surface area (Å²) in [6, 6.07) is 13.3. The minimum atomic E-state index is -3.54. The number of sulfonamides is 1. The van der Waals surface area contributed by atoms with Crippen LogP contribution in [0.4, 0.5) is 0 Å². The number of carbonyl (C=O) groups is 1. The van der Waals surface area contributed by atoms with Crippen LogP contribution in [0.3, 0.4) is 0 Å². The summed E-state index contributed by atoms with van der Waals surface area (Å²) < 4.78 is 27.2. The molecule has 2 N–H and O–H groups in total. The van der Waals surface area contributed by atoms with E-state index in [1.165, 1.54) is 38.4 Å². The van der Waals surface area contributed by atoms with Crippen LogP contribution in [0.5, 0.6) is 0 Å². The van der Waals surface area contributed by atoms with Gasteiger partial charge in [0.2, 0.25) is 10.0 Å². The SMILES string of the molecule is CN(C)S(=O)(=O)c1ccc(C(=O)NCC(O)c2ccc3c(ccn3C)c2)cc1. The molecule has 0 saturated carbocycles. The predicted molar refractivity (Wildman–Crippen MR) is 108 cm³/mol. The van der Waals surface area contributed by atoms with E-state index in [1.54, 1.807) is 0 Å². The van der Waals surface area contributed by atoms with Crippen LogP contribution in [-0.2, 0) is 17.1 Å². The van der Waals surface area contributed by atoms with Gasteiger partial charge in [-0.25, -0.2) is 12.7 Å². The Morgan fingerprint density at radius 1 is 1.14 bits per heavy atom. The summed E-state index contributed by atoms with van der Waals surface area (Å²) in [6.07, 6.45) is 1.10. The van der Waals surface area contributed by atoms with Gasteiger partial charge in [-0.1, -0.05) is 6.07 Å². The van der Waals surface area contributed by atoms with Crippen LogP contribution in [-0.4, -0.2) is 48.9 Å². The van der Waals surface area contributed by atoms with Crippen molar-refractivity contribution in [3.63, 3.8) is 0 Å². The summed E-state index contributed by atoms with van der Waals surface area (Å²) in [4.78, 5) is 12.4. The summed E-state index contributed by atoms with van der Waals surface area (Å²) in [6.45, 7) is 0.0505. The van der Waals surface area contributed by atoms with Gasteiger partial charge in [0.05, 0.1) is 11.0 Å². The Labute approximate surface area is 164 Å². The average Bonchev–Trinajstić information content (AvgIpc) is 3.06. The first kappa shape index (κ1) is 20.1. The number of nitrogens with one attached hydrogen (secondary N) is 1. The van der Waals surface area contributed by atoms with Crippen LogP contribution in [0.25, 0.3) is 10.9 Å². The summed E-state index contributed by atoms with van der Waals surface area (Å²) >= 11 is 0. The van der Waals surface area contributed by atoms with Gasteiger partial charge < -0.3 is 15.0 Å². The Kier molecular flexibility index (Phi) is 5.55. The summed E-state index contributed by atoms with van der Waals surface area (Å²) in [5, 5.41) is 14.1. The van der Waals surface area contributed by atoms with Crippen molar-refractivity contribution >= 4 is 26.8 Å². The first-order valence-electron chi connectivity index (χ1n) is 8.74. The molecule has 0 bridgehead atoms. The van der Waals surface area contributed by atoms with Crippen molar-refractivity contribution in [3.05, 3.63) is 65.9 Å². The molecule has 148 valence electrons. The first-order chi connectivity index (χ1) is 13.2. The zero-order valence-corrected chi connectivity index (χ0v) is 16.8. The summed E-state index contributed by atoms with van der Waals surface area (Å²) in [5.41, 5.74) is 2.10. The third kappa shape index (κ3) is 3.94. The molecule has 0 radical (unpaired) electrons. The summed E-state index contributed by atoms with van der Waals surface area (Å²) in [5.74, 6) is -0.381. The predicted octanol–water partition coefficient (Wildman–Crippen LogP) is 1.89. The number of aliphatic hydroxyl groups is 1. The molecule has 1 unspecified atom stereocenters. The highest BCUT2D eigenvalue weighted by atomic mass is 32.2. The molecule has 0 aliphatic heterocycles. The first-order valence-corrected chi connectivity index (χ1v) is 10.2. The van der Waals surface area contributed by atoms with Crippen molar-refractivity contribution in [1.82, 2.24) is 14.2 Å². The Bertz CT molecular complexity index is 1100. The molecule has 0 fully saturated rings. The minimum Gasteiger partial charge on any atom is -0.387 e.